The van der Waals surface area contributed by atoms with E-state index in [0.717, 1.165) is 5.56 Å². The van der Waals surface area contributed by atoms with Gasteiger partial charge in [-0.05, 0) is 35.6 Å². The highest BCUT2D eigenvalue weighted by atomic mass is 35.5. The first kappa shape index (κ1) is 25.0. The van der Waals surface area contributed by atoms with Crippen LogP contribution in [-0.4, -0.2) is 36.4 Å². The molecule has 1 atom stereocenters. The van der Waals surface area contributed by atoms with Crippen molar-refractivity contribution in [3.8, 4) is 5.75 Å². The van der Waals surface area contributed by atoms with Crippen molar-refractivity contribution in [1.29, 1.82) is 0 Å². The molecule has 2 rings (SSSR count). The first-order chi connectivity index (χ1) is 14.6. The summed E-state index contributed by atoms with van der Waals surface area (Å²) in [6.45, 7) is 8.00. The lowest BCUT2D eigenvalue weighted by Gasteiger charge is -2.31. The largest absolute Gasteiger partial charge is 0.483 e. The van der Waals surface area contributed by atoms with Gasteiger partial charge in [0.05, 0.1) is 0 Å². The average Bonchev–Trinajstić information content (AvgIpc) is 2.73. The lowest BCUT2D eigenvalue weighted by atomic mass is 9.86. The fourth-order valence-electron chi connectivity index (χ4n) is 3.37. The normalized spacial score (nSPS) is 12.2. The van der Waals surface area contributed by atoms with Gasteiger partial charge in [-0.3, -0.25) is 9.59 Å². The molecular weight excluding hydrogens is 435 g/mol. The van der Waals surface area contributed by atoms with Crippen molar-refractivity contribution >= 4 is 35.0 Å². The monoisotopic (exact) mass is 464 g/mol. The molecule has 31 heavy (non-hydrogen) atoms. The molecule has 0 heterocycles. The van der Waals surface area contributed by atoms with Crippen molar-refractivity contribution in [2.24, 2.45) is 0 Å². The summed E-state index contributed by atoms with van der Waals surface area (Å²) >= 11 is 12.7. The smallest absolute Gasteiger partial charge is 0.261 e. The van der Waals surface area contributed by atoms with Gasteiger partial charge in [-0.15, -0.1) is 0 Å². The van der Waals surface area contributed by atoms with Crippen LogP contribution in [0.2, 0.25) is 10.0 Å². The molecule has 0 bridgehead atoms. The van der Waals surface area contributed by atoms with Gasteiger partial charge in [0.15, 0.2) is 6.61 Å². The van der Waals surface area contributed by atoms with Gasteiger partial charge in [0.25, 0.3) is 5.91 Å². The SMILES string of the molecule is CC[C@H](C(=O)NC)N(Cc1c(Cl)cccc1Cl)C(=O)COc1ccccc1C(C)(C)C. The number of nitrogens with one attached hydrogen (secondary N) is 1. The van der Waals surface area contributed by atoms with Gasteiger partial charge >= 0.3 is 0 Å². The molecule has 7 heteroatoms. The summed E-state index contributed by atoms with van der Waals surface area (Å²) < 4.78 is 5.92. The average molecular weight is 465 g/mol. The first-order valence-corrected chi connectivity index (χ1v) is 11.0. The van der Waals surface area contributed by atoms with E-state index in [-0.39, 0.29) is 30.4 Å². The van der Waals surface area contributed by atoms with Crippen molar-refractivity contribution in [3.05, 3.63) is 63.6 Å². The zero-order valence-electron chi connectivity index (χ0n) is 18.7. The molecule has 0 fully saturated rings. The minimum Gasteiger partial charge on any atom is -0.483 e. The minimum absolute atomic E-state index is 0.105. The molecule has 5 nitrogen and oxygen atoms in total. The highest BCUT2D eigenvalue weighted by Crippen LogP contribution is 2.31. The van der Waals surface area contributed by atoms with Crippen LogP contribution in [-0.2, 0) is 21.5 Å². The van der Waals surface area contributed by atoms with Crippen molar-refractivity contribution in [2.45, 2.75) is 52.1 Å². The molecule has 0 unspecified atom stereocenters. The van der Waals surface area contributed by atoms with Gasteiger partial charge in [-0.1, -0.05) is 75.2 Å². The Kier molecular flexibility index (Phi) is 8.78. The molecule has 0 spiro atoms. The van der Waals surface area contributed by atoms with Gasteiger partial charge in [-0.25, -0.2) is 0 Å². The number of benzene rings is 2. The molecule has 2 aromatic carbocycles. The van der Waals surface area contributed by atoms with Crippen molar-refractivity contribution in [1.82, 2.24) is 10.2 Å². The van der Waals surface area contributed by atoms with E-state index in [1.807, 2.05) is 31.2 Å². The summed E-state index contributed by atoms with van der Waals surface area (Å²) in [5, 5.41) is 3.51. The third-order valence-electron chi connectivity index (χ3n) is 5.07. The standard InChI is InChI=1S/C24H30Cl2N2O3/c1-6-20(23(30)27-5)28(14-16-18(25)11-9-12-19(16)26)22(29)15-31-21-13-8-7-10-17(21)24(2,3)4/h7-13,20H,6,14-15H2,1-5H3,(H,27,30)/t20-/m1/s1. The summed E-state index contributed by atoms with van der Waals surface area (Å²) in [6, 6.07) is 12.1. The molecule has 0 saturated carbocycles. The zero-order chi connectivity index (χ0) is 23.2. The van der Waals surface area contributed by atoms with Gasteiger partial charge in [-0.2, -0.15) is 0 Å². The third kappa shape index (κ3) is 6.37. The van der Waals surface area contributed by atoms with Crippen LogP contribution >= 0.6 is 23.2 Å². The zero-order valence-corrected chi connectivity index (χ0v) is 20.2. The summed E-state index contributed by atoms with van der Waals surface area (Å²) in [6.07, 6.45) is 0.437. The molecule has 0 aliphatic rings. The number of carbonyl (C=O) groups excluding carboxylic acids is 2. The Labute approximate surface area is 194 Å². The molecule has 168 valence electrons. The Hall–Kier alpha value is -2.24. The number of hydrogen-bond acceptors (Lipinski definition) is 3. The Morgan fingerprint density at radius 1 is 1.06 bits per heavy atom. The van der Waals surface area contributed by atoms with E-state index in [2.05, 4.69) is 26.1 Å². The quantitative estimate of drug-likeness (QED) is 0.582. The highest BCUT2D eigenvalue weighted by molar-refractivity contribution is 6.36. The maximum absolute atomic E-state index is 13.3. The molecule has 0 aromatic heterocycles. The number of rotatable bonds is 8. The number of likely N-dealkylation sites (N-methyl/N-ethyl adjacent to an activating group) is 1. The lowest BCUT2D eigenvalue weighted by molar-refractivity contribution is -0.142. The second-order valence-corrected chi connectivity index (χ2v) is 9.11. The van der Waals surface area contributed by atoms with Crippen LogP contribution in [0.25, 0.3) is 0 Å². The summed E-state index contributed by atoms with van der Waals surface area (Å²) in [5.41, 5.74) is 1.46. The van der Waals surface area contributed by atoms with Crippen molar-refractivity contribution in [2.75, 3.05) is 13.7 Å². The molecule has 1 N–H and O–H groups in total. The first-order valence-electron chi connectivity index (χ1n) is 10.3. The van der Waals surface area contributed by atoms with E-state index in [0.29, 0.717) is 27.8 Å². The van der Waals surface area contributed by atoms with E-state index in [1.54, 1.807) is 25.2 Å². The summed E-state index contributed by atoms with van der Waals surface area (Å²) in [4.78, 5) is 27.2. The van der Waals surface area contributed by atoms with E-state index in [9.17, 15) is 9.59 Å². The summed E-state index contributed by atoms with van der Waals surface area (Å²) in [7, 11) is 1.55. The number of carbonyl (C=O) groups is 2. The van der Waals surface area contributed by atoms with Gasteiger partial charge in [0.1, 0.15) is 11.8 Å². The Morgan fingerprint density at radius 2 is 1.68 bits per heavy atom. The predicted octanol–water partition coefficient (Wildman–Crippen LogP) is 5.22. The summed E-state index contributed by atoms with van der Waals surface area (Å²) in [5.74, 6) is 0.0660. The maximum atomic E-state index is 13.3. The van der Waals surface area contributed by atoms with E-state index >= 15 is 0 Å². The fourth-order valence-corrected chi connectivity index (χ4v) is 3.89. The molecule has 0 saturated heterocycles. The van der Waals surface area contributed by atoms with Crippen LogP contribution in [0.4, 0.5) is 0 Å². The fraction of sp³-hybridized carbons (Fsp3) is 0.417. The Balaban J connectivity index is 2.32. The number of halogens is 2. The van der Waals surface area contributed by atoms with Gasteiger partial charge in [0, 0.05) is 29.2 Å². The van der Waals surface area contributed by atoms with Crippen LogP contribution in [0.3, 0.4) is 0 Å². The molecular formula is C24H30Cl2N2O3. The van der Waals surface area contributed by atoms with Gasteiger partial charge in [0.2, 0.25) is 5.91 Å². The predicted molar refractivity (Wildman–Crippen MR) is 126 cm³/mol. The lowest BCUT2D eigenvalue weighted by Crippen LogP contribution is -2.49. The maximum Gasteiger partial charge on any atom is 0.261 e. The minimum atomic E-state index is -0.675. The number of ether oxygens (including phenoxy) is 1. The molecule has 0 aliphatic heterocycles. The topological polar surface area (TPSA) is 58.6 Å². The second-order valence-electron chi connectivity index (χ2n) is 8.29. The molecule has 0 aliphatic carbocycles. The molecule has 0 radical (unpaired) electrons. The van der Waals surface area contributed by atoms with E-state index < -0.39 is 6.04 Å². The number of nitrogens with zero attached hydrogens (tertiary/aromatic N) is 1. The third-order valence-corrected chi connectivity index (χ3v) is 5.78. The van der Waals surface area contributed by atoms with Crippen molar-refractivity contribution < 1.29 is 14.3 Å². The van der Waals surface area contributed by atoms with Crippen LogP contribution in [0.15, 0.2) is 42.5 Å². The van der Waals surface area contributed by atoms with Gasteiger partial charge < -0.3 is 15.0 Å². The van der Waals surface area contributed by atoms with Crippen LogP contribution in [0.5, 0.6) is 5.75 Å². The molecule has 2 amide bonds. The van der Waals surface area contributed by atoms with E-state index in [4.69, 9.17) is 27.9 Å². The Morgan fingerprint density at radius 3 is 2.23 bits per heavy atom. The highest BCUT2D eigenvalue weighted by Gasteiger charge is 2.30. The van der Waals surface area contributed by atoms with Crippen molar-refractivity contribution in [3.63, 3.8) is 0 Å². The van der Waals surface area contributed by atoms with Crippen LogP contribution in [0, 0.1) is 0 Å². The number of amides is 2. The second kappa shape index (κ2) is 10.9. The number of hydrogen-bond donors (Lipinski definition) is 1. The van der Waals surface area contributed by atoms with Crippen LogP contribution in [0.1, 0.15) is 45.2 Å². The molecule has 2 aromatic rings. The van der Waals surface area contributed by atoms with E-state index in [1.165, 1.54) is 4.90 Å². The number of para-hydroxylation sites is 1. The van der Waals surface area contributed by atoms with Crippen LogP contribution < -0.4 is 10.1 Å². The Bertz CT molecular complexity index is 905.